The Bertz CT molecular complexity index is 1370. The lowest BCUT2D eigenvalue weighted by atomic mass is 9.92. The fourth-order valence-corrected chi connectivity index (χ4v) is 5.77. The van der Waals surface area contributed by atoms with Crippen LogP contribution in [-0.4, -0.2) is 259 Å². The van der Waals surface area contributed by atoms with Gasteiger partial charge in [0.15, 0.2) is 0 Å². The Morgan fingerprint density at radius 3 is 0.494 bits per heavy atom. The van der Waals surface area contributed by atoms with E-state index in [4.69, 9.17) is 94.7 Å². The van der Waals surface area contributed by atoms with Gasteiger partial charge in [0.1, 0.15) is 58.3 Å². The molecule has 0 rings (SSSR count). The Morgan fingerprint density at radius 2 is 0.333 bits per heavy atom. The Labute approximate surface area is 475 Å². The van der Waals surface area contributed by atoms with Crippen molar-refractivity contribution in [1.29, 1.82) is 0 Å². The van der Waals surface area contributed by atoms with Crippen LogP contribution >= 0.6 is 0 Å². The highest BCUT2D eigenvalue weighted by Crippen LogP contribution is 2.23. The van der Waals surface area contributed by atoms with Gasteiger partial charge in [-0.3, -0.25) is 38.4 Å². The molecule has 0 aromatic heterocycles. The molecule has 0 amide bonds. The molecule has 0 aromatic carbocycles. The van der Waals surface area contributed by atoms with Gasteiger partial charge >= 0.3 is 47.8 Å². The maximum absolute atomic E-state index is 13.1. The molecule has 472 valence electrons. The third kappa shape index (κ3) is 53.1. The molecule has 0 aromatic rings. The lowest BCUT2D eigenvalue weighted by Crippen LogP contribution is -2.44. The van der Waals surface area contributed by atoms with Gasteiger partial charge < -0.3 is 94.7 Å². The second-order valence-electron chi connectivity index (χ2n) is 16.7. The summed E-state index contributed by atoms with van der Waals surface area (Å²) in [7, 11) is 0. The Hall–Kier alpha value is -4.72. The molecule has 0 saturated carbocycles. The molecule has 0 N–H and O–H groups in total. The number of esters is 8. The summed E-state index contributed by atoms with van der Waals surface area (Å²) >= 11 is 0. The zero-order valence-electron chi connectivity index (χ0n) is 48.2. The summed E-state index contributed by atoms with van der Waals surface area (Å²) in [5, 5.41) is 0. The van der Waals surface area contributed by atoms with Gasteiger partial charge in [0.05, 0.1) is 184 Å². The van der Waals surface area contributed by atoms with E-state index in [9.17, 15) is 38.4 Å². The quantitative estimate of drug-likeness (QED) is 0.0475. The summed E-state index contributed by atoms with van der Waals surface area (Å²) in [6.07, 6.45) is -3.57. The number of hydrogen-bond donors (Lipinski definition) is 0. The molecule has 0 atom stereocenters. The summed E-state index contributed by atoms with van der Waals surface area (Å²) < 4.78 is 106. The highest BCUT2D eigenvalue weighted by molar-refractivity contribution is 5.79. The number of hydrogen-bond acceptors (Lipinski definition) is 28. The number of carbonyl (C=O) groups excluding carboxylic acids is 8. The average Bonchev–Trinajstić information content (AvgIpc) is 3.46. The minimum absolute atomic E-state index is 0.0673. The summed E-state index contributed by atoms with van der Waals surface area (Å²) in [6, 6.07) is 0. The van der Waals surface area contributed by atoms with E-state index in [1.807, 2.05) is 27.7 Å². The van der Waals surface area contributed by atoms with Crippen molar-refractivity contribution < 1.29 is 133 Å². The monoisotopic (exact) mass is 1180 g/mol. The molecule has 0 bridgehead atoms. The lowest BCUT2D eigenvalue weighted by molar-refractivity contribution is -0.173. The van der Waals surface area contributed by atoms with Crippen molar-refractivity contribution in [2.45, 2.75) is 79.1 Å². The van der Waals surface area contributed by atoms with E-state index in [1.165, 1.54) is 0 Å². The van der Waals surface area contributed by atoms with Gasteiger partial charge in [0.2, 0.25) is 0 Å². The fourth-order valence-electron chi connectivity index (χ4n) is 5.77. The third-order valence-corrected chi connectivity index (χ3v) is 10.0. The molecule has 0 aliphatic carbocycles. The molecule has 28 heteroatoms. The van der Waals surface area contributed by atoms with E-state index in [2.05, 4.69) is 0 Å². The molecule has 0 heterocycles. The van der Waals surface area contributed by atoms with Crippen LogP contribution in [0.2, 0.25) is 0 Å². The highest BCUT2D eigenvalue weighted by Gasteiger charge is 2.38. The smallest absolute Gasteiger partial charge is 0.306 e. The largest absolute Gasteiger partial charge is 0.465 e. The molecular formula is C53H92O28. The molecule has 81 heavy (non-hydrogen) atoms. The van der Waals surface area contributed by atoms with Crippen molar-refractivity contribution in [2.24, 2.45) is 5.41 Å². The van der Waals surface area contributed by atoms with Crippen LogP contribution in [0.25, 0.3) is 0 Å². The van der Waals surface area contributed by atoms with Crippen molar-refractivity contribution in [3.8, 4) is 0 Å². The predicted molar refractivity (Wildman–Crippen MR) is 280 cm³/mol. The van der Waals surface area contributed by atoms with Crippen molar-refractivity contribution in [3.05, 3.63) is 0 Å². The van der Waals surface area contributed by atoms with Gasteiger partial charge in [-0.2, -0.15) is 0 Å². The minimum Gasteiger partial charge on any atom is -0.465 e. The molecule has 0 spiro atoms. The standard InChI is InChI=1S/C53H92O28/c1-5-62-17-21-66-25-29-70-33-37-74-45(54)9-13-49(58)78-41-53(42-79-50(59)14-10-46(55)75-38-34-71-30-26-67-22-18-63-6-2,43-80-51(60)15-11-47(56)76-39-35-72-31-27-68-23-19-64-7-3)44-81-52(61)16-12-48(57)77-40-36-73-32-28-69-24-20-65-8-4/h5-44H2,1-4H3. The normalized spacial score (nSPS) is 11.2. The van der Waals surface area contributed by atoms with Gasteiger partial charge in [-0.05, 0) is 27.7 Å². The predicted octanol–water partition coefficient (Wildman–Crippen LogP) is 1.72. The second kappa shape index (κ2) is 57.1. The number of rotatable bonds is 60. The third-order valence-electron chi connectivity index (χ3n) is 10.0. The van der Waals surface area contributed by atoms with Crippen LogP contribution in [0, 0.1) is 5.41 Å². The molecule has 0 aliphatic rings. The van der Waals surface area contributed by atoms with Crippen LogP contribution in [0.15, 0.2) is 0 Å². The Balaban J connectivity index is 5.78. The first-order valence-corrected chi connectivity index (χ1v) is 27.6. The summed E-state index contributed by atoms with van der Waals surface area (Å²) in [4.78, 5) is 102. The Morgan fingerprint density at radius 1 is 0.198 bits per heavy atom. The van der Waals surface area contributed by atoms with E-state index in [-0.39, 0.29) is 79.3 Å². The zero-order chi connectivity index (χ0) is 59.5. The van der Waals surface area contributed by atoms with Crippen LogP contribution in [0.1, 0.15) is 79.1 Å². The molecule has 0 fully saturated rings. The van der Waals surface area contributed by atoms with E-state index in [0.717, 1.165) is 0 Å². The maximum atomic E-state index is 13.1. The van der Waals surface area contributed by atoms with Gasteiger partial charge in [-0.15, -0.1) is 0 Å². The molecular weight excluding hydrogens is 1080 g/mol. The van der Waals surface area contributed by atoms with Gasteiger partial charge in [-0.25, -0.2) is 0 Å². The zero-order valence-corrected chi connectivity index (χ0v) is 48.2. The highest BCUT2D eigenvalue weighted by atomic mass is 16.6. The first-order chi connectivity index (χ1) is 39.4. The number of carbonyl (C=O) groups is 8. The first-order valence-electron chi connectivity index (χ1n) is 27.6. The van der Waals surface area contributed by atoms with Gasteiger partial charge in [0.25, 0.3) is 0 Å². The van der Waals surface area contributed by atoms with Crippen LogP contribution in [0.3, 0.4) is 0 Å². The molecule has 28 nitrogen and oxygen atoms in total. The maximum Gasteiger partial charge on any atom is 0.306 e. The van der Waals surface area contributed by atoms with Crippen molar-refractivity contribution in [2.75, 3.05) is 211 Å². The molecule has 0 radical (unpaired) electrons. The van der Waals surface area contributed by atoms with Crippen molar-refractivity contribution in [3.63, 3.8) is 0 Å². The number of ether oxygens (including phenoxy) is 20. The average molecular weight is 1180 g/mol. The van der Waals surface area contributed by atoms with E-state index < -0.39 is 131 Å². The fraction of sp³-hybridized carbons (Fsp3) is 0.849. The molecule has 0 saturated heterocycles. The first kappa shape index (κ1) is 76.3. The summed E-state index contributed by atoms with van der Waals surface area (Å²) in [5.41, 5.74) is -1.83. The van der Waals surface area contributed by atoms with Gasteiger partial charge in [-0.1, -0.05) is 0 Å². The minimum atomic E-state index is -1.83. The van der Waals surface area contributed by atoms with E-state index >= 15 is 0 Å². The van der Waals surface area contributed by atoms with Crippen LogP contribution in [0.4, 0.5) is 0 Å². The molecule has 0 aliphatic heterocycles. The van der Waals surface area contributed by atoms with Gasteiger partial charge in [0, 0.05) is 26.4 Å². The SMILES string of the molecule is CCOCCOCCOCCOC(=O)CCC(=O)OCC(COC(=O)CCC(=O)OCCOCCOCCOCC)(COC(=O)CCC(=O)OCCOCCOCCOCC)COC(=O)CCC(=O)OCCOCCOCCOCC. The molecule has 0 unspecified atom stereocenters. The lowest BCUT2D eigenvalue weighted by Gasteiger charge is -2.31. The van der Waals surface area contributed by atoms with E-state index in [0.29, 0.717) is 106 Å². The van der Waals surface area contributed by atoms with Crippen LogP contribution < -0.4 is 0 Å². The van der Waals surface area contributed by atoms with E-state index in [1.54, 1.807) is 0 Å². The van der Waals surface area contributed by atoms with Crippen LogP contribution in [-0.2, 0) is 133 Å². The topological polar surface area (TPSA) is 321 Å². The van der Waals surface area contributed by atoms with Crippen molar-refractivity contribution >= 4 is 47.8 Å². The summed E-state index contributed by atoms with van der Waals surface area (Å²) in [6.45, 7) is 12.4. The second-order valence-corrected chi connectivity index (χ2v) is 16.7. The van der Waals surface area contributed by atoms with Crippen molar-refractivity contribution in [1.82, 2.24) is 0 Å². The summed E-state index contributed by atoms with van der Waals surface area (Å²) in [5.74, 6) is -6.74. The Kier molecular flexibility index (Phi) is 53.8. The van der Waals surface area contributed by atoms with Crippen LogP contribution in [0.5, 0.6) is 0 Å².